The maximum absolute atomic E-state index is 8.89. The molecule has 0 aromatic heterocycles. The molecule has 1 saturated heterocycles. The van der Waals surface area contributed by atoms with Gasteiger partial charge in [0.05, 0.1) is 12.1 Å². The highest BCUT2D eigenvalue weighted by atomic mass is 15.2. The van der Waals surface area contributed by atoms with Gasteiger partial charge in [-0.15, -0.1) is 0 Å². The molecular formula is C11H21N3. The molecule has 80 valence electrons. The number of nitriles is 1. The average Bonchev–Trinajstić information content (AvgIpc) is 2.27. The Kier molecular flexibility index (Phi) is 4.37. The molecule has 0 bridgehead atoms. The first-order valence-electron chi connectivity index (χ1n) is 5.58. The Morgan fingerprint density at radius 1 is 1.64 bits per heavy atom. The summed E-state index contributed by atoms with van der Waals surface area (Å²) in [5, 5.41) is 8.89. The third kappa shape index (κ3) is 2.46. The third-order valence-electron chi connectivity index (χ3n) is 3.40. The van der Waals surface area contributed by atoms with E-state index in [9.17, 15) is 0 Å². The molecule has 0 spiro atoms. The van der Waals surface area contributed by atoms with Crippen molar-refractivity contribution in [2.75, 3.05) is 13.1 Å². The largest absolute Gasteiger partial charge is 0.329 e. The number of likely N-dealkylation sites (tertiary alicyclic amines) is 1. The molecule has 0 aliphatic carbocycles. The second-order valence-electron chi connectivity index (χ2n) is 4.23. The van der Waals surface area contributed by atoms with Crippen LogP contribution in [-0.4, -0.2) is 30.1 Å². The summed E-state index contributed by atoms with van der Waals surface area (Å²) in [7, 11) is 0. The second-order valence-corrected chi connectivity index (χ2v) is 4.23. The van der Waals surface area contributed by atoms with E-state index in [-0.39, 0.29) is 6.04 Å². The maximum atomic E-state index is 8.89. The van der Waals surface area contributed by atoms with E-state index in [1.54, 1.807) is 0 Å². The fourth-order valence-corrected chi connectivity index (χ4v) is 2.34. The number of rotatable bonds is 3. The fourth-order valence-electron chi connectivity index (χ4n) is 2.34. The van der Waals surface area contributed by atoms with Gasteiger partial charge in [0, 0.05) is 12.6 Å². The van der Waals surface area contributed by atoms with Crippen molar-refractivity contribution >= 4 is 0 Å². The van der Waals surface area contributed by atoms with E-state index in [2.05, 4.69) is 17.9 Å². The lowest BCUT2D eigenvalue weighted by Gasteiger charge is -2.40. The molecule has 0 amide bonds. The Morgan fingerprint density at radius 3 is 2.86 bits per heavy atom. The summed E-state index contributed by atoms with van der Waals surface area (Å²) in [6.07, 6.45) is 3.63. The molecule has 1 rings (SSSR count). The number of hydrogen-bond acceptors (Lipinski definition) is 3. The van der Waals surface area contributed by atoms with Crippen molar-refractivity contribution in [1.82, 2.24) is 4.90 Å². The first kappa shape index (κ1) is 11.5. The Labute approximate surface area is 86.9 Å². The molecule has 3 nitrogen and oxygen atoms in total. The van der Waals surface area contributed by atoms with Gasteiger partial charge in [-0.2, -0.15) is 5.26 Å². The number of piperidine rings is 1. The van der Waals surface area contributed by atoms with Crippen LogP contribution in [0.15, 0.2) is 0 Å². The molecular weight excluding hydrogens is 174 g/mol. The predicted octanol–water partition coefficient (Wildman–Crippen LogP) is 1.35. The van der Waals surface area contributed by atoms with Crippen LogP contribution in [-0.2, 0) is 0 Å². The molecule has 1 fully saturated rings. The van der Waals surface area contributed by atoms with Gasteiger partial charge in [0.15, 0.2) is 0 Å². The molecule has 0 aromatic rings. The van der Waals surface area contributed by atoms with Crippen molar-refractivity contribution in [1.29, 1.82) is 5.26 Å². The van der Waals surface area contributed by atoms with Crippen LogP contribution in [0.25, 0.3) is 0 Å². The highest BCUT2D eigenvalue weighted by Gasteiger charge is 2.29. The molecule has 1 aliphatic heterocycles. The molecule has 1 aliphatic rings. The second kappa shape index (κ2) is 5.33. The van der Waals surface area contributed by atoms with Crippen LogP contribution >= 0.6 is 0 Å². The van der Waals surface area contributed by atoms with Crippen LogP contribution in [0.2, 0.25) is 0 Å². The van der Waals surface area contributed by atoms with Gasteiger partial charge in [-0.1, -0.05) is 13.3 Å². The number of nitrogens with zero attached hydrogens (tertiary/aromatic N) is 2. The maximum Gasteiger partial charge on any atom is 0.0952 e. The van der Waals surface area contributed by atoms with Gasteiger partial charge in [0.1, 0.15) is 0 Å². The number of nitrogens with two attached hydrogens (primary N) is 1. The molecule has 0 saturated carbocycles. The molecule has 0 radical (unpaired) electrons. The van der Waals surface area contributed by atoms with Crippen LogP contribution < -0.4 is 5.73 Å². The van der Waals surface area contributed by atoms with E-state index < -0.39 is 0 Å². The summed E-state index contributed by atoms with van der Waals surface area (Å²) in [5.74, 6) is 0.811. The summed E-state index contributed by atoms with van der Waals surface area (Å²) in [6.45, 7) is 5.92. The topological polar surface area (TPSA) is 53.0 Å². The first-order chi connectivity index (χ1) is 6.72. The zero-order chi connectivity index (χ0) is 10.6. The van der Waals surface area contributed by atoms with E-state index >= 15 is 0 Å². The summed E-state index contributed by atoms with van der Waals surface area (Å²) in [5.41, 5.74) is 5.75. The minimum Gasteiger partial charge on any atom is -0.329 e. The minimum atomic E-state index is 0.0151. The molecule has 3 heteroatoms. The number of hydrogen-bond donors (Lipinski definition) is 1. The van der Waals surface area contributed by atoms with Gasteiger partial charge in [-0.05, 0) is 32.2 Å². The molecule has 14 heavy (non-hydrogen) atoms. The van der Waals surface area contributed by atoms with Crippen molar-refractivity contribution in [2.24, 2.45) is 11.7 Å². The predicted molar refractivity (Wildman–Crippen MR) is 57.6 cm³/mol. The van der Waals surface area contributed by atoms with E-state index in [4.69, 9.17) is 11.0 Å². The van der Waals surface area contributed by atoms with Crippen LogP contribution in [0.4, 0.5) is 0 Å². The normalized spacial score (nSPS) is 31.0. The summed E-state index contributed by atoms with van der Waals surface area (Å²) >= 11 is 0. The van der Waals surface area contributed by atoms with Crippen molar-refractivity contribution in [2.45, 2.75) is 45.2 Å². The quantitative estimate of drug-likeness (QED) is 0.739. The highest BCUT2D eigenvalue weighted by molar-refractivity contribution is 4.94. The zero-order valence-electron chi connectivity index (χ0n) is 9.24. The van der Waals surface area contributed by atoms with E-state index in [0.29, 0.717) is 12.6 Å². The van der Waals surface area contributed by atoms with Crippen LogP contribution in [0.3, 0.4) is 0 Å². The van der Waals surface area contributed by atoms with E-state index in [0.717, 1.165) is 12.5 Å². The van der Waals surface area contributed by atoms with Gasteiger partial charge in [0.25, 0.3) is 0 Å². The fraction of sp³-hybridized carbons (Fsp3) is 0.909. The molecule has 3 unspecified atom stereocenters. The molecule has 0 aromatic carbocycles. The Morgan fingerprint density at radius 2 is 2.36 bits per heavy atom. The van der Waals surface area contributed by atoms with Crippen LogP contribution in [0.1, 0.15) is 33.1 Å². The molecule has 1 heterocycles. The summed E-state index contributed by atoms with van der Waals surface area (Å²) in [6, 6.07) is 2.74. The van der Waals surface area contributed by atoms with Crippen molar-refractivity contribution in [3.05, 3.63) is 0 Å². The lowest BCUT2D eigenvalue weighted by atomic mass is 9.88. The SMILES string of the molecule is CCC1CCN(C(C)C#N)C(CN)C1. The Bertz CT molecular complexity index is 209. The Balaban J connectivity index is 2.57. The van der Waals surface area contributed by atoms with Crippen molar-refractivity contribution < 1.29 is 0 Å². The molecule has 2 N–H and O–H groups in total. The zero-order valence-corrected chi connectivity index (χ0v) is 9.24. The third-order valence-corrected chi connectivity index (χ3v) is 3.40. The van der Waals surface area contributed by atoms with Crippen LogP contribution in [0.5, 0.6) is 0 Å². The highest BCUT2D eigenvalue weighted by Crippen LogP contribution is 2.26. The van der Waals surface area contributed by atoms with E-state index in [1.165, 1.54) is 19.3 Å². The Hall–Kier alpha value is -0.590. The van der Waals surface area contributed by atoms with E-state index in [1.807, 2.05) is 6.92 Å². The lowest BCUT2D eigenvalue weighted by Crippen LogP contribution is -2.50. The van der Waals surface area contributed by atoms with Crippen molar-refractivity contribution in [3.8, 4) is 6.07 Å². The first-order valence-corrected chi connectivity index (χ1v) is 5.58. The molecule has 3 atom stereocenters. The average molecular weight is 195 g/mol. The summed E-state index contributed by atoms with van der Waals surface area (Å²) < 4.78 is 0. The minimum absolute atomic E-state index is 0.0151. The van der Waals surface area contributed by atoms with Crippen molar-refractivity contribution in [3.63, 3.8) is 0 Å². The lowest BCUT2D eigenvalue weighted by molar-refractivity contribution is 0.0977. The smallest absolute Gasteiger partial charge is 0.0952 e. The van der Waals surface area contributed by atoms with Gasteiger partial charge in [-0.25, -0.2) is 0 Å². The summed E-state index contributed by atoms with van der Waals surface area (Å²) in [4.78, 5) is 2.26. The van der Waals surface area contributed by atoms with Gasteiger partial charge < -0.3 is 5.73 Å². The van der Waals surface area contributed by atoms with Gasteiger partial charge in [0.2, 0.25) is 0 Å². The van der Waals surface area contributed by atoms with Gasteiger partial charge >= 0.3 is 0 Å². The van der Waals surface area contributed by atoms with Gasteiger partial charge in [-0.3, -0.25) is 4.90 Å². The monoisotopic (exact) mass is 195 g/mol. The standard InChI is InChI=1S/C11H21N3/c1-3-10-4-5-14(9(2)7-12)11(6-10)8-13/h9-11H,3-6,8,13H2,1-2H3. The van der Waals surface area contributed by atoms with Crippen LogP contribution in [0, 0.1) is 17.2 Å².